The van der Waals surface area contributed by atoms with E-state index in [1.54, 1.807) is 0 Å². The van der Waals surface area contributed by atoms with E-state index in [9.17, 15) is 0 Å². The zero-order valence-corrected chi connectivity index (χ0v) is 15.9. The molecule has 132 valence electrons. The molecule has 1 unspecified atom stereocenters. The van der Waals surface area contributed by atoms with Crippen LogP contribution in [0.3, 0.4) is 0 Å². The summed E-state index contributed by atoms with van der Waals surface area (Å²) in [4.78, 5) is 6.97. The molecule has 3 rings (SSSR count). The summed E-state index contributed by atoms with van der Waals surface area (Å²) in [7, 11) is 0. The number of nitrogens with one attached hydrogen (secondary N) is 2. The van der Waals surface area contributed by atoms with Gasteiger partial charge in [-0.2, -0.15) is 0 Å². The highest BCUT2D eigenvalue weighted by Gasteiger charge is 2.19. The molecule has 1 aromatic heterocycles. The zero-order valence-electron chi connectivity index (χ0n) is 14.3. The molecule has 1 saturated heterocycles. The van der Waals surface area contributed by atoms with Gasteiger partial charge in [-0.15, -0.1) is 0 Å². The number of rotatable bonds is 4. The van der Waals surface area contributed by atoms with Crippen LogP contribution in [0.15, 0.2) is 42.6 Å². The highest BCUT2D eigenvalue weighted by atomic mass is 35.5. The van der Waals surface area contributed by atoms with Gasteiger partial charge in [0.05, 0.1) is 11.9 Å². The Kier molecular flexibility index (Phi) is 6.10. The van der Waals surface area contributed by atoms with Crippen molar-refractivity contribution < 1.29 is 0 Å². The van der Waals surface area contributed by atoms with Crippen LogP contribution >= 0.6 is 23.8 Å². The monoisotopic (exact) mass is 374 g/mol. The highest BCUT2D eigenvalue weighted by molar-refractivity contribution is 7.80. The van der Waals surface area contributed by atoms with Crippen molar-refractivity contribution in [1.29, 1.82) is 0 Å². The van der Waals surface area contributed by atoms with Crippen LogP contribution in [0.1, 0.15) is 31.7 Å². The second kappa shape index (κ2) is 8.50. The molecule has 1 fully saturated rings. The lowest BCUT2D eigenvalue weighted by molar-refractivity contribution is 0.481. The third-order valence-corrected chi connectivity index (χ3v) is 4.97. The summed E-state index contributed by atoms with van der Waals surface area (Å²) in [5.74, 6) is 1.04. The van der Waals surface area contributed by atoms with Crippen molar-refractivity contribution in [3.8, 4) is 0 Å². The normalized spacial score (nSPS) is 17.2. The van der Waals surface area contributed by atoms with Crippen molar-refractivity contribution in [1.82, 2.24) is 10.3 Å². The van der Waals surface area contributed by atoms with E-state index in [4.69, 9.17) is 23.8 Å². The molecule has 1 aromatic carbocycles. The van der Waals surface area contributed by atoms with Gasteiger partial charge in [0.1, 0.15) is 5.82 Å². The lowest BCUT2D eigenvalue weighted by Gasteiger charge is -2.34. The first kappa shape index (κ1) is 18.0. The van der Waals surface area contributed by atoms with Gasteiger partial charge in [0.15, 0.2) is 5.11 Å². The Bertz CT molecular complexity index is 702. The lowest BCUT2D eigenvalue weighted by Crippen LogP contribution is -2.37. The van der Waals surface area contributed by atoms with Gasteiger partial charge in [-0.05, 0) is 68.2 Å². The van der Waals surface area contributed by atoms with Crippen LogP contribution < -0.4 is 15.5 Å². The van der Waals surface area contributed by atoms with Crippen molar-refractivity contribution in [2.75, 3.05) is 16.8 Å². The van der Waals surface area contributed by atoms with E-state index in [0.29, 0.717) is 17.7 Å². The number of nitrogens with zero attached hydrogens (tertiary/aromatic N) is 2. The minimum absolute atomic E-state index is 0.558. The van der Waals surface area contributed by atoms with Crippen LogP contribution in [-0.2, 0) is 6.54 Å². The van der Waals surface area contributed by atoms with Gasteiger partial charge in [-0.3, -0.25) is 0 Å². The Morgan fingerprint density at radius 1 is 1.24 bits per heavy atom. The van der Waals surface area contributed by atoms with Gasteiger partial charge in [0, 0.05) is 24.2 Å². The van der Waals surface area contributed by atoms with Crippen molar-refractivity contribution >= 4 is 40.4 Å². The van der Waals surface area contributed by atoms with Crippen molar-refractivity contribution in [3.63, 3.8) is 0 Å². The summed E-state index contributed by atoms with van der Waals surface area (Å²) in [5.41, 5.74) is 2.02. The maximum atomic E-state index is 5.89. The predicted octanol–water partition coefficient (Wildman–Crippen LogP) is 4.60. The molecule has 4 nitrogen and oxygen atoms in total. The third-order valence-electron chi connectivity index (χ3n) is 4.47. The van der Waals surface area contributed by atoms with Gasteiger partial charge in [0.25, 0.3) is 0 Å². The number of benzene rings is 1. The molecule has 0 aliphatic carbocycles. The van der Waals surface area contributed by atoms with E-state index in [2.05, 4.69) is 33.5 Å². The first-order valence-electron chi connectivity index (χ1n) is 8.64. The summed E-state index contributed by atoms with van der Waals surface area (Å²) in [6.45, 7) is 4.00. The van der Waals surface area contributed by atoms with Crippen LogP contribution in [0.5, 0.6) is 0 Å². The first-order valence-corrected chi connectivity index (χ1v) is 9.42. The number of halogens is 1. The lowest BCUT2D eigenvalue weighted by atomic mass is 10.0. The van der Waals surface area contributed by atoms with E-state index < -0.39 is 0 Å². The third kappa shape index (κ3) is 5.06. The highest BCUT2D eigenvalue weighted by Crippen LogP contribution is 2.23. The Morgan fingerprint density at radius 3 is 2.72 bits per heavy atom. The molecule has 1 aliphatic rings. The quantitative estimate of drug-likeness (QED) is 0.765. The molecule has 6 heteroatoms. The number of anilines is 2. The summed E-state index contributed by atoms with van der Waals surface area (Å²) in [5, 5.41) is 7.68. The number of piperidine rings is 1. The predicted molar refractivity (Wildman–Crippen MR) is 109 cm³/mol. The fourth-order valence-electron chi connectivity index (χ4n) is 3.03. The number of hydrogen-bond donors (Lipinski definition) is 2. The van der Waals surface area contributed by atoms with Crippen LogP contribution in [-0.4, -0.2) is 22.7 Å². The molecule has 25 heavy (non-hydrogen) atoms. The molecule has 1 atom stereocenters. The number of thiocarbonyl (C=S) groups is 1. The largest absolute Gasteiger partial charge is 0.358 e. The van der Waals surface area contributed by atoms with Crippen LogP contribution in [0.2, 0.25) is 5.02 Å². The Hall–Kier alpha value is -1.85. The topological polar surface area (TPSA) is 40.2 Å². The molecule has 1 aliphatic heterocycles. The summed E-state index contributed by atoms with van der Waals surface area (Å²) < 4.78 is 0. The average molecular weight is 375 g/mol. The van der Waals surface area contributed by atoms with E-state index >= 15 is 0 Å². The molecule has 0 spiro atoms. The van der Waals surface area contributed by atoms with Gasteiger partial charge >= 0.3 is 0 Å². The van der Waals surface area contributed by atoms with Crippen LogP contribution in [0, 0.1) is 0 Å². The van der Waals surface area contributed by atoms with Gasteiger partial charge in [0.2, 0.25) is 0 Å². The molecule has 0 saturated carbocycles. The molecular formula is C19H23ClN4S. The van der Waals surface area contributed by atoms with E-state index in [0.717, 1.165) is 28.6 Å². The van der Waals surface area contributed by atoms with Crippen molar-refractivity contribution in [2.24, 2.45) is 0 Å². The van der Waals surface area contributed by atoms with Crippen molar-refractivity contribution in [2.45, 2.75) is 38.8 Å². The zero-order chi connectivity index (χ0) is 17.6. The van der Waals surface area contributed by atoms with Gasteiger partial charge in [-0.25, -0.2) is 4.98 Å². The SMILES string of the molecule is CC1CCCCN1c1ccc(NC(=S)NCc2ccc(Cl)cc2)cn1. The van der Waals surface area contributed by atoms with Gasteiger partial charge in [-0.1, -0.05) is 23.7 Å². The molecule has 0 amide bonds. The maximum absolute atomic E-state index is 5.89. The summed E-state index contributed by atoms with van der Waals surface area (Å²) in [6.07, 6.45) is 5.63. The van der Waals surface area contributed by atoms with E-state index in [1.807, 2.05) is 36.5 Å². The molecular weight excluding hydrogens is 352 g/mol. The number of aromatic nitrogens is 1. The number of pyridine rings is 1. The fourth-order valence-corrected chi connectivity index (χ4v) is 3.34. The standard InChI is InChI=1S/C19H23ClN4S/c1-14-4-2-3-11-24(14)18-10-9-17(13-21-18)23-19(25)22-12-15-5-7-16(20)8-6-15/h5-10,13-14H,2-4,11-12H2,1H3,(H2,22,23,25). The smallest absolute Gasteiger partial charge is 0.171 e. The Balaban J connectivity index is 1.52. The Labute approximate surface area is 159 Å². The second-order valence-electron chi connectivity index (χ2n) is 6.38. The number of hydrogen-bond acceptors (Lipinski definition) is 3. The average Bonchev–Trinajstić information content (AvgIpc) is 2.62. The first-order chi connectivity index (χ1) is 12.1. The maximum Gasteiger partial charge on any atom is 0.171 e. The minimum Gasteiger partial charge on any atom is -0.358 e. The Morgan fingerprint density at radius 2 is 2.04 bits per heavy atom. The summed E-state index contributed by atoms with van der Waals surface area (Å²) >= 11 is 11.2. The van der Waals surface area contributed by atoms with Crippen LogP contribution in [0.25, 0.3) is 0 Å². The fraction of sp³-hybridized carbons (Fsp3) is 0.368. The van der Waals surface area contributed by atoms with Gasteiger partial charge < -0.3 is 15.5 Å². The minimum atomic E-state index is 0.558. The second-order valence-corrected chi connectivity index (χ2v) is 7.22. The molecule has 2 N–H and O–H groups in total. The molecule has 2 aromatic rings. The van der Waals surface area contributed by atoms with Crippen LogP contribution in [0.4, 0.5) is 11.5 Å². The summed E-state index contributed by atoms with van der Waals surface area (Å²) in [6, 6.07) is 12.4. The molecule has 2 heterocycles. The molecule has 0 radical (unpaired) electrons. The van der Waals surface area contributed by atoms with E-state index in [1.165, 1.54) is 19.3 Å². The van der Waals surface area contributed by atoms with E-state index in [-0.39, 0.29) is 0 Å². The van der Waals surface area contributed by atoms with Crippen molar-refractivity contribution in [3.05, 3.63) is 53.2 Å². The molecule has 0 bridgehead atoms.